The van der Waals surface area contributed by atoms with E-state index in [1.165, 1.54) is 4.90 Å². The van der Waals surface area contributed by atoms with Gasteiger partial charge in [-0.3, -0.25) is 4.79 Å². The Kier molecular flexibility index (Phi) is 5.06. The molecule has 4 nitrogen and oxygen atoms in total. The van der Waals surface area contributed by atoms with Crippen molar-refractivity contribution in [3.05, 3.63) is 52.6 Å². The molecule has 1 aromatic heterocycles. The number of amides is 1. The van der Waals surface area contributed by atoms with Gasteiger partial charge in [0.1, 0.15) is 23.3 Å². The second kappa shape index (κ2) is 7.07. The maximum atomic E-state index is 14.2. The first-order chi connectivity index (χ1) is 11.5. The molecule has 1 amide bonds. The zero-order valence-electron chi connectivity index (χ0n) is 12.7. The highest BCUT2D eigenvalue weighted by atomic mass is 35.5. The highest BCUT2D eigenvalue weighted by molar-refractivity contribution is 6.30. The summed E-state index contributed by atoms with van der Waals surface area (Å²) in [6, 6.07) is 2.03. The Hall–Kier alpha value is -1.66. The Morgan fingerprint density at radius 1 is 1.42 bits per heavy atom. The molecule has 0 fully saturated rings. The molecule has 0 radical (unpaired) electrons. The van der Waals surface area contributed by atoms with Crippen molar-refractivity contribution in [3.63, 3.8) is 0 Å². The van der Waals surface area contributed by atoms with Crippen LogP contribution in [0.25, 0.3) is 0 Å². The van der Waals surface area contributed by atoms with Crippen molar-refractivity contribution in [1.82, 2.24) is 14.5 Å². The molecule has 3 rings (SSSR count). The van der Waals surface area contributed by atoms with E-state index < -0.39 is 11.6 Å². The van der Waals surface area contributed by atoms with E-state index in [-0.39, 0.29) is 35.0 Å². The second-order valence-corrected chi connectivity index (χ2v) is 6.33. The van der Waals surface area contributed by atoms with E-state index >= 15 is 0 Å². The third kappa shape index (κ3) is 3.26. The minimum absolute atomic E-state index is 0.177. The number of halogens is 4. The lowest BCUT2D eigenvalue weighted by Gasteiger charge is -2.34. The van der Waals surface area contributed by atoms with E-state index in [4.69, 9.17) is 23.2 Å². The predicted molar refractivity (Wildman–Crippen MR) is 87.0 cm³/mol. The first-order valence-electron chi connectivity index (χ1n) is 7.49. The van der Waals surface area contributed by atoms with Gasteiger partial charge in [0, 0.05) is 37.0 Å². The highest BCUT2D eigenvalue weighted by Gasteiger charge is 2.29. The van der Waals surface area contributed by atoms with Gasteiger partial charge in [-0.2, -0.15) is 0 Å². The molecule has 8 heteroatoms. The third-order valence-electron chi connectivity index (χ3n) is 4.27. The summed E-state index contributed by atoms with van der Waals surface area (Å²) in [5.74, 6) is -1.37. The van der Waals surface area contributed by atoms with E-state index in [0.717, 1.165) is 18.0 Å². The zero-order valence-corrected chi connectivity index (χ0v) is 14.2. The van der Waals surface area contributed by atoms with Crippen LogP contribution in [0, 0.1) is 11.6 Å². The molecule has 1 aliphatic heterocycles. The van der Waals surface area contributed by atoms with E-state index in [9.17, 15) is 13.6 Å². The van der Waals surface area contributed by atoms with Gasteiger partial charge in [-0.25, -0.2) is 13.8 Å². The van der Waals surface area contributed by atoms with Crippen LogP contribution in [0.3, 0.4) is 0 Å². The number of benzene rings is 1. The summed E-state index contributed by atoms with van der Waals surface area (Å²) in [5.41, 5.74) is -0.227. The van der Waals surface area contributed by atoms with Crippen molar-refractivity contribution in [1.29, 1.82) is 0 Å². The highest BCUT2D eigenvalue weighted by Crippen LogP contribution is 2.26. The summed E-state index contributed by atoms with van der Waals surface area (Å²) in [6.07, 6.45) is 4.74. The van der Waals surface area contributed by atoms with E-state index in [0.29, 0.717) is 19.4 Å². The summed E-state index contributed by atoms with van der Waals surface area (Å²) in [7, 11) is 0. The van der Waals surface area contributed by atoms with Crippen molar-refractivity contribution >= 4 is 29.1 Å². The fraction of sp³-hybridized carbons (Fsp3) is 0.375. The maximum Gasteiger partial charge on any atom is 0.238 e. The summed E-state index contributed by atoms with van der Waals surface area (Å²) >= 11 is 11.4. The average Bonchev–Trinajstić information content (AvgIpc) is 3.05. The number of fused-ring (bicyclic) bond motifs is 1. The molecule has 0 N–H and O–H groups in total. The smallest absolute Gasteiger partial charge is 0.238 e. The van der Waals surface area contributed by atoms with Crippen LogP contribution in [-0.4, -0.2) is 32.3 Å². The fourth-order valence-electron chi connectivity index (χ4n) is 2.98. The topological polar surface area (TPSA) is 38.1 Å². The van der Waals surface area contributed by atoms with Gasteiger partial charge in [0.15, 0.2) is 0 Å². The van der Waals surface area contributed by atoms with Crippen LogP contribution in [0.1, 0.15) is 17.8 Å². The van der Waals surface area contributed by atoms with Crippen molar-refractivity contribution in [3.8, 4) is 0 Å². The van der Waals surface area contributed by atoms with E-state index in [1.54, 1.807) is 6.20 Å². The number of carbonyl (C=O) groups excluding carboxylic acids is 1. The molecule has 0 bridgehead atoms. The van der Waals surface area contributed by atoms with E-state index in [1.807, 2.05) is 10.8 Å². The van der Waals surface area contributed by atoms with E-state index in [2.05, 4.69) is 4.98 Å². The monoisotopic (exact) mass is 373 g/mol. The standard InChI is InChI=1S/C16H15Cl2F2N3O/c17-8-15(24)23(9-11-13(19)2-1-12(18)16(11)20)10-3-5-22-6-4-21-14(22)7-10/h1-2,4,6,10H,3,5,7-9H2. The Morgan fingerprint density at radius 2 is 2.21 bits per heavy atom. The summed E-state index contributed by atoms with van der Waals surface area (Å²) in [4.78, 5) is 17.9. The number of aryl methyl sites for hydroxylation is 1. The number of imidazole rings is 1. The quantitative estimate of drug-likeness (QED) is 0.608. The molecule has 1 unspecified atom stereocenters. The molecule has 0 saturated heterocycles. The van der Waals surface area contributed by atoms with Crippen LogP contribution < -0.4 is 0 Å². The van der Waals surface area contributed by atoms with Crippen molar-refractivity contribution in [2.45, 2.75) is 32.0 Å². The minimum atomic E-state index is -0.846. The molecule has 2 heterocycles. The molecule has 0 saturated carbocycles. The number of hydrogen-bond acceptors (Lipinski definition) is 2. The Labute approximate surface area is 148 Å². The van der Waals surface area contributed by atoms with Crippen molar-refractivity contribution in [2.24, 2.45) is 0 Å². The van der Waals surface area contributed by atoms with Gasteiger partial charge < -0.3 is 9.47 Å². The van der Waals surface area contributed by atoms with Crippen molar-refractivity contribution < 1.29 is 13.6 Å². The summed E-state index contributed by atoms with van der Waals surface area (Å²) in [5, 5.41) is -0.177. The lowest BCUT2D eigenvalue weighted by molar-refractivity contribution is -0.132. The first-order valence-corrected chi connectivity index (χ1v) is 8.40. The molecule has 2 aromatic rings. The molecule has 1 aromatic carbocycles. The van der Waals surface area contributed by atoms with Gasteiger partial charge in [0.05, 0.1) is 11.6 Å². The lowest BCUT2D eigenvalue weighted by Crippen LogP contribution is -2.44. The molecular formula is C16H15Cl2F2N3O. The van der Waals surface area contributed by atoms with Crippen LogP contribution in [-0.2, 0) is 24.3 Å². The van der Waals surface area contributed by atoms with Crippen LogP contribution >= 0.6 is 23.2 Å². The number of nitrogens with zero attached hydrogens (tertiary/aromatic N) is 3. The predicted octanol–water partition coefficient (Wildman–Crippen LogP) is 3.40. The molecular weight excluding hydrogens is 359 g/mol. The summed E-state index contributed by atoms with van der Waals surface area (Å²) < 4.78 is 30.2. The summed E-state index contributed by atoms with van der Waals surface area (Å²) in [6.45, 7) is 0.474. The SMILES string of the molecule is O=C(CCl)N(Cc1c(F)ccc(Cl)c1F)C1CCn2ccnc2C1. The number of rotatable bonds is 4. The maximum absolute atomic E-state index is 14.2. The Balaban J connectivity index is 1.89. The number of carbonyl (C=O) groups is 1. The van der Waals surface area contributed by atoms with Gasteiger partial charge in [-0.1, -0.05) is 11.6 Å². The van der Waals surface area contributed by atoms with Crippen molar-refractivity contribution in [2.75, 3.05) is 5.88 Å². The lowest BCUT2D eigenvalue weighted by atomic mass is 10.0. The molecule has 1 aliphatic rings. The second-order valence-electron chi connectivity index (χ2n) is 5.66. The van der Waals surface area contributed by atoms with Gasteiger partial charge in [0.25, 0.3) is 0 Å². The van der Waals surface area contributed by atoms with Crippen LogP contribution in [0.15, 0.2) is 24.5 Å². The van der Waals surface area contributed by atoms with Gasteiger partial charge in [-0.05, 0) is 18.6 Å². The number of aromatic nitrogens is 2. The molecule has 0 aliphatic carbocycles. The van der Waals surface area contributed by atoms with Gasteiger partial charge in [0.2, 0.25) is 5.91 Å². The molecule has 24 heavy (non-hydrogen) atoms. The van der Waals surface area contributed by atoms with Crippen LogP contribution in [0.5, 0.6) is 0 Å². The molecule has 0 spiro atoms. The van der Waals surface area contributed by atoms with Gasteiger partial charge in [-0.15, -0.1) is 11.6 Å². The molecule has 1 atom stereocenters. The largest absolute Gasteiger partial charge is 0.335 e. The number of hydrogen-bond donors (Lipinski definition) is 0. The zero-order chi connectivity index (χ0) is 17.3. The third-order valence-corrected chi connectivity index (χ3v) is 4.79. The number of alkyl halides is 1. The first kappa shape index (κ1) is 17.2. The van der Waals surface area contributed by atoms with Crippen LogP contribution in [0.2, 0.25) is 5.02 Å². The minimum Gasteiger partial charge on any atom is -0.335 e. The van der Waals surface area contributed by atoms with Crippen LogP contribution in [0.4, 0.5) is 8.78 Å². The Morgan fingerprint density at radius 3 is 2.96 bits per heavy atom. The Bertz CT molecular complexity index is 766. The molecule has 128 valence electrons. The normalized spacial score (nSPS) is 16.8. The fourth-order valence-corrected chi connectivity index (χ4v) is 3.31. The average molecular weight is 374 g/mol. The van der Waals surface area contributed by atoms with Gasteiger partial charge >= 0.3 is 0 Å².